The van der Waals surface area contributed by atoms with E-state index in [1.54, 1.807) is 6.92 Å². The molecule has 3 heteroatoms. The average Bonchev–Trinajstić information content (AvgIpc) is 2.28. The number of carbonyl (C=O) groups excluding carboxylic acids is 2. The van der Waals surface area contributed by atoms with Gasteiger partial charge in [0.25, 0.3) is 0 Å². The van der Waals surface area contributed by atoms with E-state index in [9.17, 15) is 9.59 Å². The summed E-state index contributed by atoms with van der Waals surface area (Å²) in [7, 11) is 0. The molecule has 100 valence electrons. The lowest BCUT2D eigenvalue weighted by Crippen LogP contribution is -2.32. The van der Waals surface area contributed by atoms with Crippen LogP contribution >= 0.6 is 0 Å². The van der Waals surface area contributed by atoms with Gasteiger partial charge in [-0.1, -0.05) is 40.0 Å². The second-order valence-electron chi connectivity index (χ2n) is 5.31. The SMILES string of the molecule is CCCCCC(C)(C=O)C(=O)OCCC(C)C. The van der Waals surface area contributed by atoms with Crippen molar-refractivity contribution in [3.63, 3.8) is 0 Å². The van der Waals surface area contributed by atoms with Crippen molar-refractivity contribution >= 4 is 12.3 Å². The van der Waals surface area contributed by atoms with E-state index in [-0.39, 0.29) is 5.97 Å². The van der Waals surface area contributed by atoms with Gasteiger partial charge in [0.15, 0.2) is 0 Å². The van der Waals surface area contributed by atoms with Gasteiger partial charge in [-0.15, -0.1) is 0 Å². The topological polar surface area (TPSA) is 43.4 Å². The van der Waals surface area contributed by atoms with Gasteiger partial charge in [0.2, 0.25) is 0 Å². The molecule has 0 bridgehead atoms. The Morgan fingerprint density at radius 3 is 2.47 bits per heavy atom. The molecule has 0 aromatic heterocycles. The first kappa shape index (κ1) is 16.1. The fraction of sp³-hybridized carbons (Fsp3) is 0.857. The molecule has 0 fully saturated rings. The van der Waals surface area contributed by atoms with E-state index in [1.807, 2.05) is 0 Å². The molecular formula is C14H26O3. The summed E-state index contributed by atoms with van der Waals surface area (Å²) in [5.74, 6) is 0.134. The fourth-order valence-electron chi connectivity index (χ4n) is 1.50. The monoisotopic (exact) mass is 242 g/mol. The molecule has 0 saturated carbocycles. The number of unbranched alkanes of at least 4 members (excludes halogenated alkanes) is 2. The minimum atomic E-state index is -0.952. The van der Waals surface area contributed by atoms with Crippen LogP contribution in [0.5, 0.6) is 0 Å². The Morgan fingerprint density at radius 2 is 2.00 bits per heavy atom. The summed E-state index contributed by atoms with van der Waals surface area (Å²) >= 11 is 0. The van der Waals surface area contributed by atoms with Gasteiger partial charge in [-0.25, -0.2) is 0 Å². The van der Waals surface area contributed by atoms with Crippen molar-refractivity contribution in [3.05, 3.63) is 0 Å². The third-order valence-electron chi connectivity index (χ3n) is 2.95. The van der Waals surface area contributed by atoms with Crippen molar-refractivity contribution in [2.24, 2.45) is 11.3 Å². The van der Waals surface area contributed by atoms with E-state index in [0.717, 1.165) is 32.0 Å². The van der Waals surface area contributed by atoms with E-state index < -0.39 is 5.41 Å². The van der Waals surface area contributed by atoms with Crippen LogP contribution in [0.25, 0.3) is 0 Å². The molecule has 0 aromatic rings. The second-order valence-corrected chi connectivity index (χ2v) is 5.31. The standard InChI is InChI=1S/C14H26O3/c1-5-6-7-9-14(4,11-15)13(16)17-10-8-12(2)3/h11-12H,5-10H2,1-4H3. The summed E-state index contributed by atoms with van der Waals surface area (Å²) in [5, 5.41) is 0. The predicted octanol–water partition coefficient (Wildman–Crippen LogP) is 3.36. The molecule has 0 saturated heterocycles. The highest BCUT2D eigenvalue weighted by Crippen LogP contribution is 2.24. The van der Waals surface area contributed by atoms with Crippen molar-refractivity contribution in [2.75, 3.05) is 6.61 Å². The second kappa shape index (κ2) is 8.26. The van der Waals surface area contributed by atoms with E-state index in [0.29, 0.717) is 18.9 Å². The Hall–Kier alpha value is -0.860. The van der Waals surface area contributed by atoms with Crippen LogP contribution in [0.1, 0.15) is 59.8 Å². The maximum absolute atomic E-state index is 11.8. The predicted molar refractivity (Wildman–Crippen MR) is 68.7 cm³/mol. The molecule has 1 unspecified atom stereocenters. The van der Waals surface area contributed by atoms with Crippen LogP contribution in [-0.4, -0.2) is 18.9 Å². The first-order valence-electron chi connectivity index (χ1n) is 6.59. The molecule has 0 heterocycles. The van der Waals surface area contributed by atoms with E-state index >= 15 is 0 Å². The highest BCUT2D eigenvalue weighted by molar-refractivity contribution is 5.92. The number of hydrogen-bond donors (Lipinski definition) is 0. The molecule has 3 nitrogen and oxygen atoms in total. The highest BCUT2D eigenvalue weighted by Gasteiger charge is 2.33. The fourth-order valence-corrected chi connectivity index (χ4v) is 1.50. The number of carbonyl (C=O) groups is 2. The van der Waals surface area contributed by atoms with Gasteiger partial charge in [-0.05, 0) is 25.7 Å². The molecule has 0 aliphatic heterocycles. The molecule has 0 radical (unpaired) electrons. The first-order valence-corrected chi connectivity index (χ1v) is 6.59. The van der Waals surface area contributed by atoms with Crippen LogP contribution in [0.2, 0.25) is 0 Å². The molecule has 0 N–H and O–H groups in total. The smallest absolute Gasteiger partial charge is 0.319 e. The maximum atomic E-state index is 11.8. The molecule has 0 aliphatic carbocycles. The number of hydrogen-bond acceptors (Lipinski definition) is 3. The largest absolute Gasteiger partial charge is 0.465 e. The zero-order valence-electron chi connectivity index (χ0n) is 11.6. The quantitative estimate of drug-likeness (QED) is 0.269. The van der Waals surface area contributed by atoms with Crippen LogP contribution < -0.4 is 0 Å². The minimum Gasteiger partial charge on any atom is -0.465 e. The van der Waals surface area contributed by atoms with Gasteiger partial charge in [-0.3, -0.25) is 4.79 Å². The van der Waals surface area contributed by atoms with Crippen LogP contribution in [0.4, 0.5) is 0 Å². The van der Waals surface area contributed by atoms with Gasteiger partial charge >= 0.3 is 5.97 Å². The molecular weight excluding hydrogens is 216 g/mol. The zero-order chi connectivity index (χ0) is 13.3. The highest BCUT2D eigenvalue weighted by atomic mass is 16.5. The Balaban J connectivity index is 4.12. The van der Waals surface area contributed by atoms with Gasteiger partial charge in [0, 0.05) is 0 Å². The molecule has 1 atom stereocenters. The van der Waals surface area contributed by atoms with Gasteiger partial charge in [0.05, 0.1) is 6.61 Å². The maximum Gasteiger partial charge on any atom is 0.319 e. The lowest BCUT2D eigenvalue weighted by atomic mass is 9.86. The molecule has 0 aliphatic rings. The number of aldehydes is 1. The zero-order valence-corrected chi connectivity index (χ0v) is 11.6. The Kier molecular flexibility index (Phi) is 7.85. The minimum absolute atomic E-state index is 0.371. The number of rotatable bonds is 9. The Morgan fingerprint density at radius 1 is 1.35 bits per heavy atom. The summed E-state index contributed by atoms with van der Waals surface area (Å²) in [4.78, 5) is 22.9. The van der Waals surface area contributed by atoms with Crippen molar-refractivity contribution in [1.82, 2.24) is 0 Å². The molecule has 0 rings (SSSR count). The number of ether oxygens (including phenoxy) is 1. The third-order valence-corrected chi connectivity index (χ3v) is 2.95. The van der Waals surface area contributed by atoms with Crippen LogP contribution in [0.3, 0.4) is 0 Å². The molecule has 17 heavy (non-hydrogen) atoms. The number of esters is 1. The van der Waals surface area contributed by atoms with Crippen molar-refractivity contribution < 1.29 is 14.3 Å². The normalized spacial score (nSPS) is 14.4. The van der Waals surface area contributed by atoms with Crippen molar-refractivity contribution in [3.8, 4) is 0 Å². The third kappa shape index (κ3) is 6.44. The summed E-state index contributed by atoms with van der Waals surface area (Å²) in [6.07, 6.45) is 5.19. The molecule has 0 aromatic carbocycles. The summed E-state index contributed by atoms with van der Waals surface area (Å²) in [5.41, 5.74) is -0.952. The van der Waals surface area contributed by atoms with Crippen LogP contribution in [0.15, 0.2) is 0 Å². The van der Waals surface area contributed by atoms with E-state index in [1.165, 1.54) is 0 Å². The summed E-state index contributed by atoms with van der Waals surface area (Å²) in [6.45, 7) is 8.34. The van der Waals surface area contributed by atoms with Gasteiger partial charge in [-0.2, -0.15) is 0 Å². The lowest BCUT2D eigenvalue weighted by Gasteiger charge is -2.21. The summed E-state index contributed by atoms with van der Waals surface area (Å²) < 4.78 is 5.17. The molecule has 0 spiro atoms. The van der Waals surface area contributed by atoms with Gasteiger partial charge in [0.1, 0.15) is 11.7 Å². The molecule has 0 amide bonds. The van der Waals surface area contributed by atoms with Crippen LogP contribution in [0, 0.1) is 11.3 Å². The van der Waals surface area contributed by atoms with Gasteiger partial charge < -0.3 is 9.53 Å². The Bertz CT molecular complexity index is 236. The summed E-state index contributed by atoms with van der Waals surface area (Å²) in [6, 6.07) is 0. The van der Waals surface area contributed by atoms with Crippen molar-refractivity contribution in [1.29, 1.82) is 0 Å². The average molecular weight is 242 g/mol. The lowest BCUT2D eigenvalue weighted by molar-refractivity contribution is -0.157. The van der Waals surface area contributed by atoms with E-state index in [2.05, 4.69) is 20.8 Å². The van der Waals surface area contributed by atoms with Crippen LogP contribution in [-0.2, 0) is 14.3 Å². The Labute approximate surface area is 105 Å². The van der Waals surface area contributed by atoms with E-state index in [4.69, 9.17) is 4.74 Å². The first-order chi connectivity index (χ1) is 7.96. The van der Waals surface area contributed by atoms with Crippen molar-refractivity contribution in [2.45, 2.75) is 59.8 Å².